The van der Waals surface area contributed by atoms with Crippen LogP contribution in [0.15, 0.2) is 38.8 Å². The first-order chi connectivity index (χ1) is 12.8. The lowest BCUT2D eigenvalue weighted by molar-refractivity contribution is 0.279. The molecule has 1 fully saturated rings. The van der Waals surface area contributed by atoms with Gasteiger partial charge in [-0.3, -0.25) is 0 Å². The van der Waals surface area contributed by atoms with E-state index in [-0.39, 0.29) is 0 Å². The number of hydrogen-bond acceptors (Lipinski definition) is 4. The zero-order valence-electron chi connectivity index (χ0n) is 16.3. The smallest absolute Gasteiger partial charge is 0.127 e. The van der Waals surface area contributed by atoms with Crippen LogP contribution in [0.1, 0.15) is 32.3 Å². The van der Waals surface area contributed by atoms with Crippen molar-refractivity contribution in [2.24, 2.45) is 5.41 Å². The molecule has 148 valence electrons. The van der Waals surface area contributed by atoms with Crippen LogP contribution in [-0.4, -0.2) is 35.7 Å². The van der Waals surface area contributed by atoms with Crippen LogP contribution in [0.4, 0.5) is 5.69 Å². The van der Waals surface area contributed by atoms with E-state index < -0.39 is 11.0 Å². The van der Waals surface area contributed by atoms with Crippen LogP contribution in [0.2, 0.25) is 5.02 Å². The highest BCUT2D eigenvalue weighted by Crippen LogP contribution is 2.39. The molecule has 1 saturated heterocycles. The van der Waals surface area contributed by atoms with Gasteiger partial charge in [0.25, 0.3) is 0 Å². The van der Waals surface area contributed by atoms with Crippen molar-refractivity contribution in [2.45, 2.75) is 41.5 Å². The van der Waals surface area contributed by atoms with Gasteiger partial charge < -0.3 is 4.90 Å². The molecule has 1 aromatic carbocycles. The second kappa shape index (κ2) is 8.87. The molecule has 0 radical (unpaired) electrons. The van der Waals surface area contributed by atoms with E-state index in [1.807, 2.05) is 37.7 Å². The third-order valence-corrected chi connectivity index (χ3v) is 8.94. The third kappa shape index (κ3) is 5.30. The SMILES string of the molecule is CN(C)S(=O)c1csc(SCc2cccc(Cl)c2N2CCC(C)(C)CC2)c1. The summed E-state index contributed by atoms with van der Waals surface area (Å²) in [5.74, 6) is 0.865. The molecule has 1 aliphatic rings. The fourth-order valence-corrected chi connectivity index (χ4v) is 6.60. The van der Waals surface area contributed by atoms with E-state index in [2.05, 4.69) is 24.8 Å². The maximum atomic E-state index is 12.2. The number of anilines is 1. The topological polar surface area (TPSA) is 23.6 Å². The Hall–Kier alpha value is -0.530. The van der Waals surface area contributed by atoms with E-state index in [1.54, 1.807) is 27.4 Å². The highest BCUT2D eigenvalue weighted by Gasteiger charge is 2.27. The summed E-state index contributed by atoms with van der Waals surface area (Å²) >= 11 is 10.0. The van der Waals surface area contributed by atoms with Gasteiger partial charge in [0.2, 0.25) is 0 Å². The van der Waals surface area contributed by atoms with Gasteiger partial charge >= 0.3 is 0 Å². The molecule has 27 heavy (non-hydrogen) atoms. The minimum atomic E-state index is -1.08. The monoisotopic (exact) mass is 442 g/mol. The largest absolute Gasteiger partial charge is 0.370 e. The Morgan fingerprint density at radius 2 is 2.00 bits per heavy atom. The lowest BCUT2D eigenvalue weighted by Crippen LogP contribution is -2.37. The summed E-state index contributed by atoms with van der Waals surface area (Å²) in [5, 5.41) is 2.83. The van der Waals surface area contributed by atoms with E-state index in [0.29, 0.717) is 5.41 Å². The van der Waals surface area contributed by atoms with Gasteiger partial charge in [0.05, 0.1) is 19.8 Å². The third-order valence-electron chi connectivity index (χ3n) is 4.96. The van der Waals surface area contributed by atoms with Crippen LogP contribution in [0.25, 0.3) is 0 Å². The Morgan fingerprint density at radius 3 is 2.67 bits per heavy atom. The van der Waals surface area contributed by atoms with Crippen molar-refractivity contribution >= 4 is 51.4 Å². The fourth-order valence-electron chi connectivity index (χ4n) is 3.19. The molecule has 3 nitrogen and oxygen atoms in total. The van der Waals surface area contributed by atoms with Crippen molar-refractivity contribution in [1.29, 1.82) is 0 Å². The highest BCUT2D eigenvalue weighted by molar-refractivity contribution is 8.00. The van der Waals surface area contributed by atoms with E-state index in [0.717, 1.165) is 28.8 Å². The van der Waals surface area contributed by atoms with Gasteiger partial charge in [-0.2, -0.15) is 0 Å². The van der Waals surface area contributed by atoms with E-state index in [1.165, 1.54) is 28.3 Å². The Balaban J connectivity index is 1.73. The zero-order chi connectivity index (χ0) is 19.6. The summed E-state index contributed by atoms with van der Waals surface area (Å²) in [4.78, 5) is 3.32. The summed E-state index contributed by atoms with van der Waals surface area (Å²) in [6.07, 6.45) is 2.38. The van der Waals surface area contributed by atoms with Gasteiger partial charge in [0, 0.05) is 24.2 Å². The fraction of sp³-hybridized carbons (Fsp3) is 0.500. The van der Waals surface area contributed by atoms with Crippen molar-refractivity contribution in [3.05, 3.63) is 40.2 Å². The van der Waals surface area contributed by atoms with E-state index in [9.17, 15) is 4.21 Å². The molecule has 7 heteroatoms. The predicted octanol–water partition coefficient (Wildman–Crippen LogP) is 5.90. The minimum absolute atomic E-state index is 0.419. The molecule has 1 aromatic heterocycles. The molecule has 0 aliphatic carbocycles. The molecule has 2 aromatic rings. The number of benzene rings is 1. The summed E-state index contributed by atoms with van der Waals surface area (Å²) in [6.45, 7) is 6.80. The summed E-state index contributed by atoms with van der Waals surface area (Å²) in [5.41, 5.74) is 2.88. The van der Waals surface area contributed by atoms with Crippen LogP contribution >= 0.6 is 34.7 Å². The molecular weight excluding hydrogens is 416 g/mol. The maximum Gasteiger partial charge on any atom is 0.127 e. The van der Waals surface area contributed by atoms with E-state index in [4.69, 9.17) is 11.6 Å². The Kier molecular flexibility index (Phi) is 6.96. The normalized spacial score (nSPS) is 18.1. The molecule has 0 bridgehead atoms. The summed E-state index contributed by atoms with van der Waals surface area (Å²) in [7, 11) is 2.58. The van der Waals surface area contributed by atoms with Gasteiger partial charge in [-0.25, -0.2) is 8.51 Å². The Bertz CT molecular complexity index is 809. The molecule has 0 spiro atoms. The van der Waals surface area contributed by atoms with Crippen molar-refractivity contribution < 1.29 is 4.21 Å². The van der Waals surface area contributed by atoms with Gasteiger partial charge in [-0.15, -0.1) is 23.1 Å². The summed E-state index contributed by atoms with van der Waals surface area (Å²) < 4.78 is 15.1. The molecule has 0 saturated carbocycles. The van der Waals surface area contributed by atoms with Crippen LogP contribution in [0.5, 0.6) is 0 Å². The van der Waals surface area contributed by atoms with Crippen LogP contribution in [-0.2, 0) is 16.7 Å². The molecule has 0 N–H and O–H groups in total. The second-order valence-corrected chi connectivity index (χ2v) is 12.1. The molecule has 1 aliphatic heterocycles. The standard InChI is InChI=1S/C20H27ClN2OS3/c1-20(2)8-10-23(11-9-20)19-15(6-5-7-17(19)21)13-25-18-12-16(14-26-18)27(24)22(3)4/h5-7,12,14H,8-11,13H2,1-4H3. The highest BCUT2D eigenvalue weighted by atomic mass is 35.5. The average Bonchev–Trinajstić information content (AvgIpc) is 3.09. The number of thioether (sulfide) groups is 1. The van der Waals surface area contributed by atoms with Gasteiger partial charge in [0.15, 0.2) is 0 Å². The number of hydrogen-bond donors (Lipinski definition) is 0. The van der Waals surface area contributed by atoms with Crippen LogP contribution in [0.3, 0.4) is 0 Å². The van der Waals surface area contributed by atoms with Gasteiger partial charge in [-0.1, -0.05) is 37.6 Å². The second-order valence-electron chi connectivity index (χ2n) is 7.85. The maximum absolute atomic E-state index is 12.2. The van der Waals surface area contributed by atoms with E-state index >= 15 is 0 Å². The Morgan fingerprint density at radius 1 is 1.30 bits per heavy atom. The number of para-hydroxylation sites is 1. The number of nitrogens with zero attached hydrogens (tertiary/aromatic N) is 2. The number of halogens is 1. The van der Waals surface area contributed by atoms with Crippen LogP contribution < -0.4 is 4.90 Å². The molecule has 0 amide bonds. The molecule has 1 unspecified atom stereocenters. The first kappa shape index (κ1) is 21.2. The first-order valence-corrected chi connectivity index (χ1v) is 12.4. The lowest BCUT2D eigenvalue weighted by Gasteiger charge is -2.39. The molecule has 2 heterocycles. The lowest BCUT2D eigenvalue weighted by atomic mass is 9.82. The first-order valence-electron chi connectivity index (χ1n) is 9.10. The molecule has 3 rings (SSSR count). The Labute approximate surface area is 178 Å². The number of thiophene rings is 1. The summed E-state index contributed by atoms with van der Waals surface area (Å²) in [6, 6.07) is 8.25. The van der Waals surface area contributed by atoms with Crippen LogP contribution in [0, 0.1) is 5.41 Å². The number of piperidine rings is 1. The van der Waals surface area contributed by atoms with Crippen molar-refractivity contribution in [3.8, 4) is 0 Å². The van der Waals surface area contributed by atoms with Crippen molar-refractivity contribution in [3.63, 3.8) is 0 Å². The quantitative estimate of drug-likeness (QED) is 0.520. The zero-order valence-corrected chi connectivity index (χ0v) is 19.5. The minimum Gasteiger partial charge on any atom is -0.370 e. The van der Waals surface area contributed by atoms with Crippen molar-refractivity contribution in [1.82, 2.24) is 4.31 Å². The average molecular weight is 443 g/mol. The predicted molar refractivity (Wildman–Crippen MR) is 121 cm³/mol. The molecule has 1 atom stereocenters. The van der Waals surface area contributed by atoms with Crippen molar-refractivity contribution in [2.75, 3.05) is 32.1 Å². The molecular formula is C20H27ClN2OS3. The number of rotatable bonds is 6. The van der Waals surface area contributed by atoms with Gasteiger partial charge in [-0.05, 0) is 50.0 Å². The van der Waals surface area contributed by atoms with Gasteiger partial charge in [0.1, 0.15) is 11.0 Å².